The summed E-state index contributed by atoms with van der Waals surface area (Å²) in [5.41, 5.74) is 0. The van der Waals surface area contributed by atoms with Gasteiger partial charge in [0, 0.05) is 0 Å². The molecule has 0 aliphatic carbocycles. The van der Waals surface area contributed by atoms with Crippen LogP contribution in [0.2, 0.25) is 0 Å². The average molecular weight is 385 g/mol. The van der Waals surface area contributed by atoms with E-state index in [0.29, 0.717) is 0 Å². The monoisotopic (exact) mass is 385 g/mol. The maximum Gasteiger partial charge on any atom is 1.00 e. The van der Waals surface area contributed by atoms with Crippen LogP contribution < -0.4 is 122 Å². The molecule has 20 N–H and O–H groups in total. The van der Waals surface area contributed by atoms with Crippen LogP contribution >= 0.6 is 15.6 Å². The van der Waals surface area contributed by atoms with Crippen molar-refractivity contribution in [1.82, 2.24) is 18.5 Å². The van der Waals surface area contributed by atoms with Crippen LogP contribution in [-0.2, 0) is 9.13 Å². The van der Waals surface area contributed by atoms with Gasteiger partial charge in [0.2, 0.25) is 0 Å². The van der Waals surface area contributed by atoms with E-state index in [2.05, 4.69) is 0 Å². The first-order valence-corrected chi connectivity index (χ1v) is 4.54. The zero-order valence-corrected chi connectivity index (χ0v) is 19.2. The van der Waals surface area contributed by atoms with Gasteiger partial charge in [0.05, 0.1) is 0 Å². The first-order valence-electron chi connectivity index (χ1n) is 1.51. The zero-order valence-electron chi connectivity index (χ0n) is 11.4. The maximum absolute atomic E-state index is 8.88. The number of hydrogen-bond donors (Lipinski definition) is 6. The molecule has 0 bridgehead atoms. The molecule has 0 aliphatic rings. The van der Waals surface area contributed by atoms with Crippen molar-refractivity contribution >= 4 is 15.6 Å². The van der Waals surface area contributed by atoms with Crippen LogP contribution in [0.3, 0.4) is 0 Å². The van der Waals surface area contributed by atoms with E-state index in [1.54, 1.807) is 0 Å². The second-order valence-electron chi connectivity index (χ2n) is 0.960. The summed E-state index contributed by atoms with van der Waals surface area (Å²) >= 11 is 0. The van der Waals surface area contributed by atoms with Crippen molar-refractivity contribution < 1.29 is 149 Å². The summed E-state index contributed by atoms with van der Waals surface area (Å²) in [6.45, 7) is 0. The van der Waals surface area contributed by atoms with Gasteiger partial charge >= 0.3 is 96.5 Å². The van der Waals surface area contributed by atoms with Crippen LogP contribution in [-0.4, -0.2) is 36.6 Å². The van der Waals surface area contributed by atoms with E-state index in [1.165, 1.54) is 0 Å². The van der Waals surface area contributed by atoms with E-state index in [4.69, 9.17) is 38.5 Å². The molecule has 15 nitrogen and oxygen atoms in total. The molecule has 0 amide bonds. The SMILES string of the molecule is N.N.N.O.O.O.O.O=P(O)(O)O.O=P([O-])([O-])[O-].[Na+].[Na+].[Na+]. The Morgan fingerprint density at radius 3 is 0.600 bits per heavy atom. The molecule has 0 fully saturated rings. The van der Waals surface area contributed by atoms with E-state index in [1.807, 2.05) is 0 Å². The smallest absolute Gasteiger partial charge is 0.822 e. The quantitative estimate of drug-likeness (QED) is 0.168. The Hall–Kier alpha value is 2.94. The fraction of sp³-hybridized carbons (Fsp3) is 0. The van der Waals surface area contributed by atoms with Gasteiger partial charge in [-0.1, -0.05) is 0 Å². The summed E-state index contributed by atoms with van der Waals surface area (Å²) in [5, 5.41) is 0. The minimum absolute atomic E-state index is 0. The van der Waals surface area contributed by atoms with Gasteiger partial charge in [-0.2, -0.15) is 7.82 Å². The van der Waals surface area contributed by atoms with Crippen molar-refractivity contribution in [3.8, 4) is 0 Å². The van der Waals surface area contributed by atoms with Crippen molar-refractivity contribution in [1.29, 1.82) is 0 Å². The molecule has 0 radical (unpaired) electrons. The van der Waals surface area contributed by atoms with E-state index in [-0.39, 0.29) is 129 Å². The Bertz CT molecular complexity index is 144. The third kappa shape index (κ3) is 963. The Morgan fingerprint density at radius 1 is 0.600 bits per heavy atom. The van der Waals surface area contributed by atoms with Crippen molar-refractivity contribution in [3.05, 3.63) is 0 Å². The standard InChI is InChI=1S/3H3N.3Na.2H3O4P.4H2O/c;;;;;;2*1-5(2,3)4;;;;/h3*1H3;;;;2*(H3,1,2,3,4);4*1H2/q;;;3*+1;;;;;;/p-3. The molecule has 0 aromatic carbocycles. The molecule has 0 aliphatic heterocycles. The van der Waals surface area contributed by atoms with E-state index < -0.39 is 15.6 Å². The molecule has 0 saturated carbocycles. The number of phosphoric acid groups is 2. The third-order valence-corrected chi connectivity index (χ3v) is 0. The van der Waals surface area contributed by atoms with E-state index in [0.717, 1.165) is 0 Å². The first kappa shape index (κ1) is 92.3. The summed E-state index contributed by atoms with van der Waals surface area (Å²) in [6, 6.07) is 0. The predicted octanol–water partition coefficient (Wildman–Crippen LogP) is -15.6. The van der Waals surface area contributed by atoms with Crippen molar-refractivity contribution in [2.24, 2.45) is 0 Å². The van der Waals surface area contributed by atoms with Gasteiger partial charge in [0.15, 0.2) is 0 Å². The molecule has 0 spiro atoms. The van der Waals surface area contributed by atoms with Gasteiger partial charge in [0.25, 0.3) is 0 Å². The van der Waals surface area contributed by atoms with Crippen LogP contribution in [0.25, 0.3) is 0 Å². The summed E-state index contributed by atoms with van der Waals surface area (Å²) < 4.78 is 17.4. The molecule has 20 heavy (non-hydrogen) atoms. The Morgan fingerprint density at radius 2 is 0.600 bits per heavy atom. The molecule has 0 heterocycles. The Kier molecular flexibility index (Phi) is 199. The fourth-order valence-electron chi connectivity index (χ4n) is 0. The predicted molar refractivity (Wildman–Crippen MR) is 51.4 cm³/mol. The zero-order chi connectivity index (χ0) is 9.00. The molecular weight excluding hydrogens is 365 g/mol. The summed E-state index contributed by atoms with van der Waals surface area (Å²) in [6.07, 6.45) is 0. The molecule has 0 aromatic heterocycles. The number of rotatable bonds is 0. The van der Waals surface area contributed by atoms with Crippen LogP contribution in [0, 0.1) is 0 Å². The summed E-state index contributed by atoms with van der Waals surface area (Å²) in [5.74, 6) is 0. The van der Waals surface area contributed by atoms with Gasteiger partial charge in [-0.05, 0) is 0 Å². The summed E-state index contributed by atoms with van der Waals surface area (Å²) in [7, 11) is -10.0. The van der Waals surface area contributed by atoms with Crippen molar-refractivity contribution in [3.63, 3.8) is 0 Å². The van der Waals surface area contributed by atoms with Gasteiger partial charge in [-0.25, -0.2) is 4.57 Å². The molecule has 120 valence electrons. The second-order valence-corrected chi connectivity index (χ2v) is 2.88. The van der Waals surface area contributed by atoms with Crippen LogP contribution in [0.1, 0.15) is 0 Å². The number of hydrogen-bond acceptors (Lipinski definition) is 8. The van der Waals surface area contributed by atoms with E-state index >= 15 is 0 Å². The molecule has 20 heteroatoms. The Labute approximate surface area is 181 Å². The van der Waals surface area contributed by atoms with Gasteiger partial charge in [0.1, 0.15) is 0 Å². The van der Waals surface area contributed by atoms with Gasteiger partial charge in [-0.15, -0.1) is 0 Å². The van der Waals surface area contributed by atoms with Crippen LogP contribution in [0.5, 0.6) is 0 Å². The minimum Gasteiger partial charge on any atom is -0.822 e. The van der Waals surface area contributed by atoms with Crippen molar-refractivity contribution in [2.75, 3.05) is 0 Å². The average Bonchev–Trinajstić information content (AvgIpc) is 1.12. The molecular formula is H20N3Na3O12P2. The molecule has 0 aromatic rings. The molecule has 0 rings (SSSR count). The first-order chi connectivity index (χ1) is 4.00. The minimum atomic E-state index is -5.39. The molecule has 0 saturated heterocycles. The maximum atomic E-state index is 8.88. The largest absolute Gasteiger partial charge is 1.00 e. The third-order valence-electron chi connectivity index (χ3n) is 0. The van der Waals surface area contributed by atoms with Gasteiger partial charge in [-0.3, -0.25) is 0 Å². The second kappa shape index (κ2) is 43.1. The van der Waals surface area contributed by atoms with Gasteiger partial charge < -0.3 is 74.3 Å². The van der Waals surface area contributed by atoms with E-state index in [9.17, 15) is 0 Å². The summed E-state index contributed by atoms with van der Waals surface area (Å²) in [4.78, 5) is 47.2. The normalized spacial score (nSPS) is 5.90. The molecule has 0 atom stereocenters. The van der Waals surface area contributed by atoms with Crippen LogP contribution in [0.15, 0.2) is 0 Å². The van der Waals surface area contributed by atoms with Crippen molar-refractivity contribution in [2.45, 2.75) is 0 Å². The Balaban J connectivity index is -0.00000000427. The topological polar surface area (TPSA) is 395 Å². The molecule has 0 unspecified atom stereocenters. The fourth-order valence-corrected chi connectivity index (χ4v) is 0. The van der Waals surface area contributed by atoms with Crippen LogP contribution in [0.4, 0.5) is 0 Å².